The van der Waals surface area contributed by atoms with E-state index in [1.807, 2.05) is 13.0 Å². The van der Waals surface area contributed by atoms with Crippen LogP contribution in [0.2, 0.25) is 0 Å². The van der Waals surface area contributed by atoms with Gasteiger partial charge >= 0.3 is 5.97 Å². The van der Waals surface area contributed by atoms with E-state index >= 15 is 0 Å². The summed E-state index contributed by atoms with van der Waals surface area (Å²) in [6.45, 7) is 3.89. The minimum absolute atomic E-state index is 0.0245. The predicted octanol–water partition coefficient (Wildman–Crippen LogP) is 3.02. The molecule has 0 saturated carbocycles. The summed E-state index contributed by atoms with van der Waals surface area (Å²) in [5.74, 6) is 0.197. The maximum absolute atomic E-state index is 12.4. The largest absolute Gasteiger partial charge is 0.494 e. The van der Waals surface area contributed by atoms with Gasteiger partial charge in [-0.15, -0.1) is 0 Å². The molecule has 1 heterocycles. The molecule has 0 aromatic heterocycles. The molecule has 1 aliphatic heterocycles. The number of benzene rings is 2. The summed E-state index contributed by atoms with van der Waals surface area (Å²) in [6, 6.07) is 13.8. The third kappa shape index (κ3) is 4.93. The molecule has 29 heavy (non-hydrogen) atoms. The van der Waals surface area contributed by atoms with Gasteiger partial charge in [0.1, 0.15) is 11.5 Å². The van der Waals surface area contributed by atoms with Gasteiger partial charge < -0.3 is 19.1 Å². The Morgan fingerprint density at radius 1 is 1.10 bits per heavy atom. The van der Waals surface area contributed by atoms with Gasteiger partial charge in [0.05, 0.1) is 18.7 Å². The number of fused-ring (bicyclic) bond motifs is 1. The fraction of sp³-hybridized carbons (Fsp3) is 0.318. The lowest BCUT2D eigenvalue weighted by molar-refractivity contribution is -0.142. The van der Waals surface area contributed by atoms with E-state index in [9.17, 15) is 14.4 Å². The van der Waals surface area contributed by atoms with Crippen LogP contribution in [0.3, 0.4) is 0 Å². The van der Waals surface area contributed by atoms with Crippen molar-refractivity contribution in [1.29, 1.82) is 0 Å². The summed E-state index contributed by atoms with van der Waals surface area (Å²) in [7, 11) is 0. The normalized spacial score (nSPS) is 15.3. The average molecular weight is 397 g/mol. The van der Waals surface area contributed by atoms with Crippen molar-refractivity contribution in [3.8, 4) is 11.5 Å². The highest BCUT2D eigenvalue weighted by atomic mass is 16.5. The quantitative estimate of drug-likeness (QED) is 0.503. The van der Waals surface area contributed by atoms with Crippen LogP contribution in [0.25, 0.3) is 0 Å². The zero-order valence-corrected chi connectivity index (χ0v) is 16.4. The molecule has 0 fully saturated rings. The summed E-state index contributed by atoms with van der Waals surface area (Å²) in [5, 5.41) is 0. The van der Waals surface area contributed by atoms with Crippen molar-refractivity contribution in [2.45, 2.75) is 26.4 Å². The number of hydrogen-bond acceptors (Lipinski definition) is 6. The van der Waals surface area contributed by atoms with Crippen LogP contribution < -0.4 is 14.4 Å². The molecule has 0 radical (unpaired) electrons. The Morgan fingerprint density at radius 3 is 2.55 bits per heavy atom. The number of esters is 1. The Morgan fingerprint density at radius 2 is 1.83 bits per heavy atom. The summed E-state index contributed by atoms with van der Waals surface area (Å²) < 4.78 is 16.0. The van der Waals surface area contributed by atoms with Gasteiger partial charge in [-0.3, -0.25) is 14.4 Å². The van der Waals surface area contributed by atoms with Gasteiger partial charge in [0, 0.05) is 12.1 Å². The molecule has 152 valence electrons. The zero-order valence-electron chi connectivity index (χ0n) is 16.4. The number of nitrogens with zero attached hydrogens (tertiary/aromatic N) is 1. The van der Waals surface area contributed by atoms with Crippen LogP contribution in [-0.2, 0) is 14.3 Å². The molecule has 3 rings (SSSR count). The number of para-hydroxylation sites is 2. The fourth-order valence-electron chi connectivity index (χ4n) is 3.00. The standard InChI is InChI=1S/C22H23NO6/c1-3-27-17-10-8-16(9-11-17)19(24)14-28-21(25)12-13-23-18-6-4-5-7-20(18)29-15(2)22(23)26/h4-11,15H,3,12-14H2,1-2H3. The van der Waals surface area contributed by atoms with Gasteiger partial charge in [-0.25, -0.2) is 0 Å². The van der Waals surface area contributed by atoms with E-state index < -0.39 is 12.1 Å². The van der Waals surface area contributed by atoms with Gasteiger partial charge in [0.15, 0.2) is 18.5 Å². The lowest BCUT2D eigenvalue weighted by Gasteiger charge is -2.32. The number of amides is 1. The average Bonchev–Trinajstić information content (AvgIpc) is 2.73. The molecule has 2 aromatic rings. The number of carbonyl (C=O) groups excluding carboxylic acids is 3. The maximum atomic E-state index is 12.4. The van der Waals surface area contributed by atoms with E-state index in [0.29, 0.717) is 29.4 Å². The first-order chi connectivity index (χ1) is 14.0. The second kappa shape index (κ2) is 9.23. The molecule has 1 amide bonds. The Hall–Kier alpha value is -3.35. The number of anilines is 1. The molecule has 0 aliphatic carbocycles. The SMILES string of the molecule is CCOc1ccc(C(=O)COC(=O)CCN2C(=O)C(C)Oc3ccccc32)cc1. The third-order valence-corrected chi connectivity index (χ3v) is 4.46. The number of hydrogen-bond donors (Lipinski definition) is 0. The summed E-state index contributed by atoms with van der Waals surface area (Å²) >= 11 is 0. The van der Waals surface area contributed by atoms with Crippen LogP contribution in [0.4, 0.5) is 5.69 Å². The van der Waals surface area contributed by atoms with Gasteiger partial charge in [0.25, 0.3) is 5.91 Å². The van der Waals surface area contributed by atoms with E-state index in [4.69, 9.17) is 14.2 Å². The summed E-state index contributed by atoms with van der Waals surface area (Å²) in [5.41, 5.74) is 1.06. The van der Waals surface area contributed by atoms with Gasteiger partial charge in [-0.05, 0) is 50.2 Å². The lowest BCUT2D eigenvalue weighted by Crippen LogP contribution is -2.45. The molecule has 0 spiro atoms. The summed E-state index contributed by atoms with van der Waals surface area (Å²) in [4.78, 5) is 38.2. The topological polar surface area (TPSA) is 82.1 Å². The van der Waals surface area contributed by atoms with Crippen LogP contribution in [0.5, 0.6) is 11.5 Å². The molecule has 2 aromatic carbocycles. The lowest BCUT2D eigenvalue weighted by atomic mass is 10.1. The van der Waals surface area contributed by atoms with Crippen molar-refractivity contribution in [2.24, 2.45) is 0 Å². The highest BCUT2D eigenvalue weighted by Gasteiger charge is 2.31. The van der Waals surface area contributed by atoms with E-state index in [1.165, 1.54) is 4.90 Å². The minimum Gasteiger partial charge on any atom is -0.494 e. The number of rotatable bonds is 8. The second-order valence-corrected chi connectivity index (χ2v) is 6.51. The highest BCUT2D eigenvalue weighted by molar-refractivity contribution is 6.00. The van der Waals surface area contributed by atoms with Gasteiger partial charge in [-0.1, -0.05) is 12.1 Å². The van der Waals surface area contributed by atoms with E-state index in [2.05, 4.69) is 0 Å². The van der Waals surface area contributed by atoms with Crippen molar-refractivity contribution < 1.29 is 28.6 Å². The predicted molar refractivity (Wildman–Crippen MR) is 106 cm³/mol. The van der Waals surface area contributed by atoms with Crippen LogP contribution in [0.15, 0.2) is 48.5 Å². The van der Waals surface area contributed by atoms with Crippen molar-refractivity contribution in [3.05, 3.63) is 54.1 Å². The Labute approximate surface area is 169 Å². The van der Waals surface area contributed by atoms with Gasteiger partial charge in [0.2, 0.25) is 0 Å². The molecule has 1 unspecified atom stereocenters. The molecule has 0 bridgehead atoms. The number of Topliss-reactive ketones (excluding diaryl/α,β-unsaturated/α-hetero) is 1. The van der Waals surface area contributed by atoms with Crippen LogP contribution in [0.1, 0.15) is 30.6 Å². The van der Waals surface area contributed by atoms with E-state index in [0.717, 1.165) is 0 Å². The van der Waals surface area contributed by atoms with E-state index in [-0.39, 0.29) is 31.3 Å². The molecule has 7 heteroatoms. The minimum atomic E-state index is -0.623. The second-order valence-electron chi connectivity index (χ2n) is 6.51. The monoisotopic (exact) mass is 397 g/mol. The fourth-order valence-corrected chi connectivity index (χ4v) is 3.00. The molecule has 1 aliphatic rings. The third-order valence-electron chi connectivity index (χ3n) is 4.46. The summed E-state index contributed by atoms with van der Waals surface area (Å²) in [6.07, 6.45) is -0.647. The van der Waals surface area contributed by atoms with E-state index in [1.54, 1.807) is 49.4 Å². The first-order valence-electron chi connectivity index (χ1n) is 9.48. The molecule has 1 atom stereocenters. The van der Waals surface area contributed by atoms with Crippen molar-refractivity contribution in [3.63, 3.8) is 0 Å². The smallest absolute Gasteiger partial charge is 0.308 e. The maximum Gasteiger partial charge on any atom is 0.308 e. The van der Waals surface area contributed by atoms with Crippen LogP contribution in [0, 0.1) is 0 Å². The number of ether oxygens (including phenoxy) is 3. The van der Waals surface area contributed by atoms with Crippen LogP contribution >= 0.6 is 0 Å². The Kier molecular flexibility index (Phi) is 6.49. The number of carbonyl (C=O) groups is 3. The highest BCUT2D eigenvalue weighted by Crippen LogP contribution is 2.33. The van der Waals surface area contributed by atoms with Crippen LogP contribution in [-0.4, -0.2) is 43.5 Å². The first kappa shape index (κ1) is 20.4. The first-order valence-corrected chi connectivity index (χ1v) is 9.48. The Balaban J connectivity index is 1.52. The zero-order chi connectivity index (χ0) is 20.8. The molecule has 0 saturated heterocycles. The molecule has 0 N–H and O–H groups in total. The Bertz CT molecular complexity index is 892. The number of ketones is 1. The van der Waals surface area contributed by atoms with Crippen molar-refractivity contribution >= 4 is 23.3 Å². The molecule has 7 nitrogen and oxygen atoms in total. The van der Waals surface area contributed by atoms with Gasteiger partial charge in [-0.2, -0.15) is 0 Å². The molecular formula is C22H23NO6. The van der Waals surface area contributed by atoms with Crippen molar-refractivity contribution in [1.82, 2.24) is 0 Å². The molecular weight excluding hydrogens is 374 g/mol. The van der Waals surface area contributed by atoms with Crippen molar-refractivity contribution in [2.75, 3.05) is 24.7 Å².